The Morgan fingerprint density at radius 2 is 2.00 bits per heavy atom. The van der Waals surface area contributed by atoms with Crippen molar-refractivity contribution in [2.75, 3.05) is 13.1 Å². The van der Waals surface area contributed by atoms with E-state index in [-0.39, 0.29) is 0 Å². The Kier molecular flexibility index (Phi) is 3.42. The smallest absolute Gasteiger partial charge is 0.147 e. The molecule has 0 N–H and O–H groups in total. The number of hydrogen-bond donors (Lipinski definition) is 0. The molecule has 19 heavy (non-hydrogen) atoms. The van der Waals surface area contributed by atoms with Crippen molar-refractivity contribution in [2.24, 2.45) is 0 Å². The van der Waals surface area contributed by atoms with Crippen molar-refractivity contribution >= 4 is 6.08 Å². The molecule has 0 spiro atoms. The molecule has 3 rings (SSSR count). The number of hydrogen-bond acceptors (Lipinski definition) is 3. The van der Waals surface area contributed by atoms with Crippen LogP contribution >= 0.6 is 0 Å². The number of nitrogens with zero attached hydrogens (tertiary/aromatic N) is 4. The zero-order chi connectivity index (χ0) is 13.1. The van der Waals surface area contributed by atoms with Gasteiger partial charge >= 0.3 is 0 Å². The molecular formula is C15H18N4. The molecule has 4 nitrogen and oxygen atoms in total. The van der Waals surface area contributed by atoms with Crippen LogP contribution in [0.4, 0.5) is 0 Å². The zero-order valence-electron chi connectivity index (χ0n) is 11.2. The van der Waals surface area contributed by atoms with Gasteiger partial charge in [0.2, 0.25) is 0 Å². The first-order chi connectivity index (χ1) is 9.33. The minimum atomic E-state index is 0.889. The minimum Gasteiger partial charge on any atom is -0.313 e. The summed E-state index contributed by atoms with van der Waals surface area (Å²) in [6.45, 7) is 5.92. The lowest BCUT2D eigenvalue weighted by molar-refractivity contribution is 0.238. The Balaban J connectivity index is 1.59. The summed E-state index contributed by atoms with van der Waals surface area (Å²) < 4.78 is 2.21. The van der Waals surface area contributed by atoms with E-state index in [1.807, 2.05) is 13.0 Å². The van der Waals surface area contributed by atoms with Crippen LogP contribution in [0.1, 0.15) is 17.2 Å². The predicted octanol–water partition coefficient (Wildman–Crippen LogP) is 2.12. The SMILES string of the molecule is Cc1nnc2n1CCN(C/C=C\c1ccccc1)C2. The topological polar surface area (TPSA) is 34.0 Å². The third-order valence-electron chi connectivity index (χ3n) is 3.49. The average molecular weight is 254 g/mol. The van der Waals surface area contributed by atoms with Gasteiger partial charge in [0.25, 0.3) is 0 Å². The van der Waals surface area contributed by atoms with Gasteiger partial charge in [-0.2, -0.15) is 0 Å². The highest BCUT2D eigenvalue weighted by Gasteiger charge is 2.18. The number of aromatic nitrogens is 3. The molecule has 98 valence electrons. The molecule has 2 aromatic rings. The van der Waals surface area contributed by atoms with Crippen LogP contribution in [-0.4, -0.2) is 32.8 Å². The third-order valence-corrected chi connectivity index (χ3v) is 3.49. The van der Waals surface area contributed by atoms with Gasteiger partial charge in [-0.05, 0) is 12.5 Å². The highest BCUT2D eigenvalue weighted by Crippen LogP contribution is 2.11. The summed E-state index contributed by atoms with van der Waals surface area (Å²) in [5, 5.41) is 8.35. The van der Waals surface area contributed by atoms with E-state index in [1.165, 1.54) is 5.56 Å². The number of aryl methyl sites for hydroxylation is 1. The molecule has 1 aliphatic heterocycles. The molecule has 1 aromatic carbocycles. The quantitative estimate of drug-likeness (QED) is 0.841. The maximum absolute atomic E-state index is 4.22. The van der Waals surface area contributed by atoms with Gasteiger partial charge < -0.3 is 4.57 Å². The van der Waals surface area contributed by atoms with Crippen molar-refractivity contribution in [2.45, 2.75) is 20.0 Å². The fourth-order valence-corrected chi connectivity index (χ4v) is 2.41. The Hall–Kier alpha value is -1.94. The molecule has 1 aromatic heterocycles. The lowest BCUT2D eigenvalue weighted by atomic mass is 10.2. The summed E-state index contributed by atoms with van der Waals surface area (Å²) in [6, 6.07) is 10.4. The van der Waals surface area contributed by atoms with E-state index in [4.69, 9.17) is 0 Å². The van der Waals surface area contributed by atoms with Crippen LogP contribution in [0.2, 0.25) is 0 Å². The highest BCUT2D eigenvalue weighted by atomic mass is 15.3. The summed E-state index contributed by atoms with van der Waals surface area (Å²) in [6.07, 6.45) is 4.39. The van der Waals surface area contributed by atoms with Crippen LogP contribution in [0.15, 0.2) is 36.4 Å². The first-order valence-electron chi connectivity index (χ1n) is 6.65. The predicted molar refractivity (Wildman–Crippen MR) is 75.5 cm³/mol. The van der Waals surface area contributed by atoms with Gasteiger partial charge in [0.05, 0.1) is 6.54 Å². The van der Waals surface area contributed by atoms with Crippen molar-refractivity contribution in [3.8, 4) is 0 Å². The number of fused-ring (bicyclic) bond motifs is 1. The third kappa shape index (κ3) is 2.74. The largest absolute Gasteiger partial charge is 0.313 e. The van der Waals surface area contributed by atoms with E-state index in [1.54, 1.807) is 0 Å². The molecule has 0 unspecified atom stereocenters. The molecular weight excluding hydrogens is 236 g/mol. The van der Waals surface area contributed by atoms with Crippen molar-refractivity contribution in [3.63, 3.8) is 0 Å². The fourth-order valence-electron chi connectivity index (χ4n) is 2.41. The van der Waals surface area contributed by atoms with Crippen molar-refractivity contribution < 1.29 is 0 Å². The first kappa shape index (κ1) is 12.1. The molecule has 2 heterocycles. The summed E-state index contributed by atoms with van der Waals surface area (Å²) >= 11 is 0. The van der Waals surface area contributed by atoms with Crippen LogP contribution in [0.3, 0.4) is 0 Å². The first-order valence-corrected chi connectivity index (χ1v) is 6.65. The van der Waals surface area contributed by atoms with E-state index in [0.717, 1.165) is 37.8 Å². The maximum Gasteiger partial charge on any atom is 0.147 e. The van der Waals surface area contributed by atoms with Crippen LogP contribution < -0.4 is 0 Å². The molecule has 0 saturated carbocycles. The Bertz CT molecular complexity index is 571. The molecule has 0 radical (unpaired) electrons. The lowest BCUT2D eigenvalue weighted by Crippen LogP contribution is -2.34. The number of benzene rings is 1. The molecule has 0 fully saturated rings. The molecule has 0 atom stereocenters. The van der Waals surface area contributed by atoms with Crippen LogP contribution in [-0.2, 0) is 13.1 Å². The normalized spacial score (nSPS) is 15.8. The number of rotatable bonds is 3. The monoisotopic (exact) mass is 254 g/mol. The van der Waals surface area contributed by atoms with Gasteiger partial charge in [0, 0.05) is 19.6 Å². The van der Waals surface area contributed by atoms with Gasteiger partial charge in [0.1, 0.15) is 11.6 Å². The summed E-state index contributed by atoms with van der Waals surface area (Å²) in [5.74, 6) is 2.10. The van der Waals surface area contributed by atoms with E-state index in [2.05, 4.69) is 56.1 Å². The Morgan fingerprint density at radius 1 is 1.16 bits per heavy atom. The fraction of sp³-hybridized carbons (Fsp3) is 0.333. The maximum atomic E-state index is 4.22. The van der Waals surface area contributed by atoms with Crippen molar-refractivity contribution in [1.29, 1.82) is 0 Å². The highest BCUT2D eigenvalue weighted by molar-refractivity contribution is 5.48. The van der Waals surface area contributed by atoms with Gasteiger partial charge in [0.15, 0.2) is 0 Å². The molecule has 0 aliphatic carbocycles. The molecule has 1 aliphatic rings. The summed E-state index contributed by atoms with van der Waals surface area (Å²) in [5.41, 5.74) is 1.25. The van der Waals surface area contributed by atoms with Gasteiger partial charge in [-0.3, -0.25) is 4.90 Å². The average Bonchev–Trinajstić information content (AvgIpc) is 2.81. The second-order valence-corrected chi connectivity index (χ2v) is 4.86. The zero-order valence-corrected chi connectivity index (χ0v) is 11.2. The van der Waals surface area contributed by atoms with E-state index in [9.17, 15) is 0 Å². The van der Waals surface area contributed by atoms with Crippen molar-refractivity contribution in [1.82, 2.24) is 19.7 Å². The van der Waals surface area contributed by atoms with Gasteiger partial charge in [-0.1, -0.05) is 42.5 Å². The van der Waals surface area contributed by atoms with Crippen molar-refractivity contribution in [3.05, 3.63) is 53.6 Å². The molecule has 0 saturated heterocycles. The summed E-state index contributed by atoms with van der Waals surface area (Å²) in [7, 11) is 0. The van der Waals surface area contributed by atoms with Crippen LogP contribution in [0, 0.1) is 6.92 Å². The van der Waals surface area contributed by atoms with E-state index >= 15 is 0 Å². The van der Waals surface area contributed by atoms with Gasteiger partial charge in [-0.25, -0.2) is 0 Å². The summed E-state index contributed by atoms with van der Waals surface area (Å²) in [4.78, 5) is 2.39. The minimum absolute atomic E-state index is 0.889. The van der Waals surface area contributed by atoms with Gasteiger partial charge in [-0.15, -0.1) is 10.2 Å². The van der Waals surface area contributed by atoms with E-state index in [0.29, 0.717) is 0 Å². The second kappa shape index (κ2) is 5.36. The van der Waals surface area contributed by atoms with Crippen LogP contribution in [0.5, 0.6) is 0 Å². The Labute approximate surface area is 113 Å². The lowest BCUT2D eigenvalue weighted by Gasteiger charge is -2.26. The molecule has 0 amide bonds. The standard InChI is InChI=1S/C15H18N4/c1-13-16-17-15-12-18(10-11-19(13)15)9-5-8-14-6-3-2-4-7-14/h2-8H,9-12H2,1H3/b8-5-. The Morgan fingerprint density at radius 3 is 2.84 bits per heavy atom. The molecule has 4 heteroatoms. The van der Waals surface area contributed by atoms with Crippen LogP contribution in [0.25, 0.3) is 6.08 Å². The molecule has 0 bridgehead atoms. The van der Waals surface area contributed by atoms with E-state index < -0.39 is 0 Å². The second-order valence-electron chi connectivity index (χ2n) is 4.86.